The van der Waals surface area contributed by atoms with Gasteiger partial charge in [-0.1, -0.05) is 13.8 Å². The third-order valence-electron chi connectivity index (χ3n) is 6.62. The first-order chi connectivity index (χ1) is 17.7. The lowest BCUT2D eigenvalue weighted by molar-refractivity contribution is -0.121. The number of nitrogens with zero attached hydrogens (tertiary/aromatic N) is 7. The van der Waals surface area contributed by atoms with Crippen molar-refractivity contribution >= 4 is 38.7 Å². The maximum Gasteiger partial charge on any atom is 0.225 e. The summed E-state index contributed by atoms with van der Waals surface area (Å²) in [4.78, 5) is 37.4. The molecule has 11 nitrogen and oxygen atoms in total. The molecular formula is C25H28N8O3S. The molecule has 4 aromatic heterocycles. The Bertz CT molecular complexity index is 1580. The van der Waals surface area contributed by atoms with Gasteiger partial charge in [0, 0.05) is 37.6 Å². The molecule has 5 heterocycles. The largest absolute Gasteiger partial charge is 0.336 e. The fourth-order valence-corrected chi connectivity index (χ4v) is 5.30. The normalized spacial score (nSPS) is 18.4. The Morgan fingerprint density at radius 1 is 1.11 bits per heavy atom. The molecule has 1 saturated heterocycles. The number of carbonyl (C=O) groups is 1. The van der Waals surface area contributed by atoms with Crippen LogP contribution in [0.3, 0.4) is 0 Å². The van der Waals surface area contributed by atoms with Crippen LogP contribution in [0.2, 0.25) is 0 Å². The van der Waals surface area contributed by atoms with Crippen molar-refractivity contribution in [2.75, 3.05) is 29.6 Å². The number of piperidine rings is 1. The Hall–Kier alpha value is -3.93. The van der Waals surface area contributed by atoms with Gasteiger partial charge in [-0.2, -0.15) is 0 Å². The molecule has 1 fully saturated rings. The van der Waals surface area contributed by atoms with Crippen LogP contribution in [0.1, 0.15) is 36.7 Å². The van der Waals surface area contributed by atoms with Gasteiger partial charge in [0.2, 0.25) is 5.95 Å². The lowest BCUT2D eigenvalue weighted by atomic mass is 9.83. The third-order valence-corrected chi connectivity index (χ3v) is 7.61. The van der Waals surface area contributed by atoms with Crippen molar-refractivity contribution in [1.82, 2.24) is 29.3 Å². The number of anilines is 3. The van der Waals surface area contributed by atoms with E-state index in [0.717, 1.165) is 23.9 Å². The van der Waals surface area contributed by atoms with E-state index in [2.05, 4.69) is 37.2 Å². The molecule has 2 unspecified atom stereocenters. The van der Waals surface area contributed by atoms with Crippen LogP contribution in [0.4, 0.5) is 17.5 Å². The summed E-state index contributed by atoms with van der Waals surface area (Å²) in [6.07, 6.45) is 10.8. The SMILES string of the molecule is CCc1cnc(N2CC(=O)C(c3cnc4c(Nc5ccc(S(C)(=O)=O)nc5C)nccn34)C(C)C2)nc1. The summed E-state index contributed by atoms with van der Waals surface area (Å²) in [6, 6.07) is 3.11. The number of sulfone groups is 1. The van der Waals surface area contributed by atoms with Crippen LogP contribution in [0.5, 0.6) is 0 Å². The van der Waals surface area contributed by atoms with Crippen LogP contribution in [0, 0.1) is 12.8 Å². The van der Waals surface area contributed by atoms with Crippen molar-refractivity contribution < 1.29 is 13.2 Å². The highest BCUT2D eigenvalue weighted by atomic mass is 32.2. The predicted octanol–water partition coefficient (Wildman–Crippen LogP) is 2.74. The van der Waals surface area contributed by atoms with Crippen LogP contribution in [0.25, 0.3) is 5.65 Å². The zero-order valence-electron chi connectivity index (χ0n) is 21.1. The number of aromatic nitrogens is 6. The molecule has 0 aliphatic carbocycles. The molecule has 2 atom stereocenters. The second-order valence-corrected chi connectivity index (χ2v) is 11.3. The maximum absolute atomic E-state index is 13.4. The summed E-state index contributed by atoms with van der Waals surface area (Å²) in [7, 11) is -3.41. The molecule has 1 aliphatic rings. The lowest BCUT2D eigenvalue weighted by Crippen LogP contribution is -2.45. The Labute approximate surface area is 215 Å². The number of fused-ring (bicyclic) bond motifs is 1. The van der Waals surface area contributed by atoms with E-state index in [0.29, 0.717) is 35.3 Å². The van der Waals surface area contributed by atoms with Crippen molar-refractivity contribution in [1.29, 1.82) is 0 Å². The van der Waals surface area contributed by atoms with E-state index in [9.17, 15) is 13.2 Å². The highest BCUT2D eigenvalue weighted by Gasteiger charge is 2.37. The van der Waals surface area contributed by atoms with Gasteiger partial charge >= 0.3 is 0 Å². The van der Waals surface area contributed by atoms with Crippen molar-refractivity contribution in [3.63, 3.8) is 0 Å². The topological polar surface area (TPSA) is 135 Å². The van der Waals surface area contributed by atoms with E-state index >= 15 is 0 Å². The third kappa shape index (κ3) is 4.76. The molecule has 0 radical (unpaired) electrons. The number of aryl methyl sites for hydroxylation is 2. The zero-order chi connectivity index (χ0) is 26.3. The van der Waals surface area contributed by atoms with Gasteiger partial charge in [-0.25, -0.2) is 33.3 Å². The van der Waals surface area contributed by atoms with Crippen LogP contribution >= 0.6 is 0 Å². The second-order valence-electron chi connectivity index (χ2n) is 9.38. The van der Waals surface area contributed by atoms with Crippen molar-refractivity contribution in [2.24, 2.45) is 5.92 Å². The number of pyridine rings is 1. The average Bonchev–Trinajstić information content (AvgIpc) is 3.29. The van der Waals surface area contributed by atoms with Gasteiger partial charge in [0.25, 0.3) is 0 Å². The zero-order valence-corrected chi connectivity index (χ0v) is 21.9. The first-order valence-electron chi connectivity index (χ1n) is 12.0. The fraction of sp³-hybridized carbons (Fsp3) is 0.360. The molecule has 0 saturated carbocycles. The number of hydrogen-bond donors (Lipinski definition) is 1. The number of rotatable bonds is 6. The average molecular weight is 521 g/mol. The summed E-state index contributed by atoms with van der Waals surface area (Å²) in [5.74, 6) is 0.790. The van der Waals surface area contributed by atoms with Crippen LogP contribution in [-0.2, 0) is 21.1 Å². The van der Waals surface area contributed by atoms with Gasteiger partial charge in [-0.3, -0.25) is 9.20 Å². The molecular weight excluding hydrogens is 492 g/mol. The number of ketones is 1. The molecule has 0 spiro atoms. The van der Waals surface area contributed by atoms with Crippen molar-refractivity contribution in [3.05, 3.63) is 60.1 Å². The minimum atomic E-state index is -3.41. The van der Waals surface area contributed by atoms with E-state index < -0.39 is 9.84 Å². The van der Waals surface area contributed by atoms with Crippen LogP contribution in [-0.4, -0.2) is 62.9 Å². The molecule has 12 heteroatoms. The van der Waals surface area contributed by atoms with E-state index in [1.165, 1.54) is 6.07 Å². The molecule has 0 bridgehead atoms. The summed E-state index contributed by atoms with van der Waals surface area (Å²) in [6.45, 7) is 6.69. The number of Topliss-reactive ketones (excluding diaryl/α,β-unsaturated/α-hetero) is 1. The molecule has 4 aromatic rings. The summed E-state index contributed by atoms with van der Waals surface area (Å²) in [5.41, 5.74) is 3.54. The summed E-state index contributed by atoms with van der Waals surface area (Å²) in [5, 5.41) is 3.22. The maximum atomic E-state index is 13.4. The number of hydrogen-bond acceptors (Lipinski definition) is 10. The highest BCUT2D eigenvalue weighted by molar-refractivity contribution is 7.90. The van der Waals surface area contributed by atoms with E-state index in [-0.39, 0.29) is 29.2 Å². The smallest absolute Gasteiger partial charge is 0.225 e. The van der Waals surface area contributed by atoms with E-state index in [1.54, 1.807) is 31.6 Å². The van der Waals surface area contributed by atoms with Gasteiger partial charge in [0.1, 0.15) is 0 Å². The summed E-state index contributed by atoms with van der Waals surface area (Å²) < 4.78 is 25.5. The lowest BCUT2D eigenvalue weighted by Gasteiger charge is -2.35. The first kappa shape index (κ1) is 24.8. The van der Waals surface area contributed by atoms with Gasteiger partial charge in [0.15, 0.2) is 32.1 Å². The Morgan fingerprint density at radius 2 is 1.86 bits per heavy atom. The standard InChI is InChI=1S/C25H28N8O3S/c1-5-17-10-28-25(29-11-17)32-13-15(2)22(20(34)14-32)19-12-27-24-23(26-8-9-33(19)24)31-18-6-7-21(30-16(18)3)37(4,35)36/h6-12,15,22H,5,13-14H2,1-4H3,(H,26,31). The Kier molecular flexibility index (Phi) is 6.36. The van der Waals surface area contributed by atoms with E-state index in [4.69, 9.17) is 0 Å². The van der Waals surface area contributed by atoms with Gasteiger partial charge in [-0.15, -0.1) is 0 Å². The molecule has 1 N–H and O–H groups in total. The quantitative estimate of drug-likeness (QED) is 0.404. The van der Waals surface area contributed by atoms with Crippen LogP contribution < -0.4 is 10.2 Å². The van der Waals surface area contributed by atoms with Gasteiger partial charge < -0.3 is 10.2 Å². The molecule has 1 aliphatic heterocycles. The minimum Gasteiger partial charge on any atom is -0.336 e. The number of imidazole rings is 1. The molecule has 192 valence electrons. The monoisotopic (exact) mass is 520 g/mol. The number of nitrogens with one attached hydrogen (secondary N) is 1. The highest BCUT2D eigenvalue weighted by Crippen LogP contribution is 2.33. The molecule has 0 amide bonds. The van der Waals surface area contributed by atoms with Crippen molar-refractivity contribution in [2.45, 2.75) is 38.1 Å². The fourth-order valence-electron chi connectivity index (χ4n) is 4.68. The second kappa shape index (κ2) is 9.51. The molecule has 5 rings (SSSR count). The van der Waals surface area contributed by atoms with Gasteiger partial charge in [-0.05, 0) is 37.0 Å². The predicted molar refractivity (Wildman–Crippen MR) is 139 cm³/mol. The molecule has 0 aromatic carbocycles. The Balaban J connectivity index is 1.41. The first-order valence-corrected chi connectivity index (χ1v) is 13.9. The van der Waals surface area contributed by atoms with Crippen molar-refractivity contribution in [3.8, 4) is 0 Å². The molecule has 37 heavy (non-hydrogen) atoms. The summed E-state index contributed by atoms with van der Waals surface area (Å²) >= 11 is 0. The Morgan fingerprint density at radius 3 is 2.51 bits per heavy atom. The minimum absolute atomic E-state index is 0.00941. The van der Waals surface area contributed by atoms with Gasteiger partial charge in [0.05, 0.1) is 35.7 Å². The van der Waals surface area contributed by atoms with Crippen LogP contribution in [0.15, 0.2) is 48.1 Å². The number of carbonyl (C=O) groups excluding carboxylic acids is 1. The van der Waals surface area contributed by atoms with E-state index in [1.807, 2.05) is 28.6 Å².